The fourth-order valence-corrected chi connectivity index (χ4v) is 2.08. The molecule has 18 heavy (non-hydrogen) atoms. The summed E-state index contributed by atoms with van der Waals surface area (Å²) in [6, 6.07) is 11.9. The highest BCUT2D eigenvalue weighted by molar-refractivity contribution is 9.10. The predicted octanol–water partition coefficient (Wildman–Crippen LogP) is 4.31. The standard InChI is InChI=1S/C14H13BrFNO/c1-9(10-2-4-13(17)5-3-10)18-14-7-11(15)6-12(16)8-14/h2-9H,17H2,1H3. The second-order valence-corrected chi connectivity index (χ2v) is 4.95. The van der Waals surface area contributed by atoms with Gasteiger partial charge in [-0.25, -0.2) is 4.39 Å². The number of ether oxygens (including phenoxy) is 1. The lowest BCUT2D eigenvalue weighted by molar-refractivity contribution is 0.226. The van der Waals surface area contributed by atoms with Crippen LogP contribution in [-0.2, 0) is 0 Å². The van der Waals surface area contributed by atoms with Crippen LogP contribution in [0, 0.1) is 5.82 Å². The lowest BCUT2D eigenvalue weighted by Gasteiger charge is -2.15. The van der Waals surface area contributed by atoms with Gasteiger partial charge in [-0.2, -0.15) is 0 Å². The summed E-state index contributed by atoms with van der Waals surface area (Å²) in [6.07, 6.45) is -0.167. The first-order valence-electron chi connectivity index (χ1n) is 5.53. The molecule has 0 radical (unpaired) electrons. The lowest BCUT2D eigenvalue weighted by atomic mass is 10.1. The molecule has 4 heteroatoms. The summed E-state index contributed by atoms with van der Waals surface area (Å²) in [5.41, 5.74) is 7.32. The molecule has 2 rings (SSSR count). The number of nitrogen functional groups attached to an aromatic ring is 1. The van der Waals surface area contributed by atoms with Gasteiger partial charge in [-0.15, -0.1) is 0 Å². The van der Waals surface area contributed by atoms with E-state index in [1.807, 2.05) is 31.2 Å². The molecule has 94 valence electrons. The third-order valence-corrected chi connectivity index (χ3v) is 3.01. The molecule has 0 heterocycles. The van der Waals surface area contributed by atoms with Crippen LogP contribution < -0.4 is 10.5 Å². The Morgan fingerprint density at radius 3 is 2.44 bits per heavy atom. The predicted molar refractivity (Wildman–Crippen MR) is 74.0 cm³/mol. The van der Waals surface area contributed by atoms with Crippen LogP contribution in [-0.4, -0.2) is 0 Å². The maximum absolute atomic E-state index is 13.2. The molecule has 0 aliphatic rings. The molecule has 2 aromatic rings. The lowest BCUT2D eigenvalue weighted by Crippen LogP contribution is -2.03. The van der Waals surface area contributed by atoms with E-state index in [0.717, 1.165) is 5.56 Å². The van der Waals surface area contributed by atoms with Crippen molar-refractivity contribution in [1.29, 1.82) is 0 Å². The van der Waals surface area contributed by atoms with Crippen molar-refractivity contribution in [2.24, 2.45) is 0 Å². The van der Waals surface area contributed by atoms with Crippen LogP contribution in [0.4, 0.5) is 10.1 Å². The van der Waals surface area contributed by atoms with Crippen LogP contribution in [0.5, 0.6) is 5.75 Å². The highest BCUT2D eigenvalue weighted by atomic mass is 79.9. The zero-order chi connectivity index (χ0) is 13.1. The summed E-state index contributed by atoms with van der Waals surface area (Å²) >= 11 is 3.23. The summed E-state index contributed by atoms with van der Waals surface area (Å²) in [5, 5.41) is 0. The summed E-state index contributed by atoms with van der Waals surface area (Å²) in [5.74, 6) is 0.162. The first kappa shape index (κ1) is 12.9. The Labute approximate surface area is 114 Å². The van der Waals surface area contributed by atoms with E-state index in [4.69, 9.17) is 10.5 Å². The Morgan fingerprint density at radius 1 is 1.17 bits per heavy atom. The maximum Gasteiger partial charge on any atom is 0.128 e. The Balaban J connectivity index is 2.15. The zero-order valence-electron chi connectivity index (χ0n) is 9.86. The minimum atomic E-state index is -0.330. The average molecular weight is 310 g/mol. The first-order chi connectivity index (χ1) is 8.54. The van der Waals surface area contributed by atoms with E-state index < -0.39 is 0 Å². The minimum Gasteiger partial charge on any atom is -0.486 e. The molecule has 0 spiro atoms. The van der Waals surface area contributed by atoms with Gasteiger partial charge in [-0.05, 0) is 36.8 Å². The average Bonchev–Trinajstić information content (AvgIpc) is 2.28. The fraction of sp³-hybridized carbons (Fsp3) is 0.143. The zero-order valence-corrected chi connectivity index (χ0v) is 11.4. The van der Waals surface area contributed by atoms with Crippen molar-refractivity contribution in [3.05, 3.63) is 58.3 Å². The quantitative estimate of drug-likeness (QED) is 0.857. The highest BCUT2D eigenvalue weighted by Gasteiger charge is 2.08. The van der Waals surface area contributed by atoms with Gasteiger partial charge in [-0.1, -0.05) is 28.1 Å². The van der Waals surface area contributed by atoms with Crippen LogP contribution >= 0.6 is 15.9 Å². The van der Waals surface area contributed by atoms with Gasteiger partial charge >= 0.3 is 0 Å². The summed E-state index contributed by atoms with van der Waals surface area (Å²) in [7, 11) is 0. The third-order valence-electron chi connectivity index (χ3n) is 2.55. The molecule has 2 nitrogen and oxygen atoms in total. The number of hydrogen-bond donors (Lipinski definition) is 1. The van der Waals surface area contributed by atoms with E-state index in [9.17, 15) is 4.39 Å². The van der Waals surface area contributed by atoms with E-state index in [0.29, 0.717) is 15.9 Å². The molecule has 2 N–H and O–H groups in total. The number of anilines is 1. The molecule has 0 aromatic heterocycles. The summed E-state index contributed by atoms with van der Waals surface area (Å²) in [4.78, 5) is 0. The first-order valence-corrected chi connectivity index (χ1v) is 6.32. The molecule has 0 bridgehead atoms. The van der Waals surface area contributed by atoms with Crippen LogP contribution in [0.25, 0.3) is 0 Å². The van der Waals surface area contributed by atoms with Gasteiger partial charge in [0.25, 0.3) is 0 Å². The molecule has 2 aromatic carbocycles. The Kier molecular flexibility index (Phi) is 3.87. The van der Waals surface area contributed by atoms with E-state index in [1.165, 1.54) is 12.1 Å². The van der Waals surface area contributed by atoms with Gasteiger partial charge in [-0.3, -0.25) is 0 Å². The molecule has 1 unspecified atom stereocenters. The van der Waals surface area contributed by atoms with Crippen LogP contribution in [0.1, 0.15) is 18.6 Å². The molecule has 0 aliphatic carbocycles. The van der Waals surface area contributed by atoms with Crippen LogP contribution in [0.2, 0.25) is 0 Å². The highest BCUT2D eigenvalue weighted by Crippen LogP contribution is 2.26. The Morgan fingerprint density at radius 2 is 1.83 bits per heavy atom. The van der Waals surface area contributed by atoms with Crippen molar-refractivity contribution in [2.75, 3.05) is 5.73 Å². The van der Waals surface area contributed by atoms with Crippen molar-refractivity contribution in [3.8, 4) is 5.75 Å². The molecule has 0 amide bonds. The van der Waals surface area contributed by atoms with Gasteiger partial charge in [0, 0.05) is 16.2 Å². The number of halogens is 2. The number of hydrogen-bond acceptors (Lipinski definition) is 2. The fourth-order valence-electron chi connectivity index (χ4n) is 1.64. The third kappa shape index (κ3) is 3.23. The van der Waals surface area contributed by atoms with Crippen LogP contribution in [0.3, 0.4) is 0 Å². The van der Waals surface area contributed by atoms with Gasteiger partial charge in [0.2, 0.25) is 0 Å². The number of nitrogens with two attached hydrogens (primary N) is 1. The normalized spacial score (nSPS) is 12.2. The van der Waals surface area contributed by atoms with Gasteiger partial charge in [0.1, 0.15) is 17.7 Å². The van der Waals surface area contributed by atoms with Crippen molar-refractivity contribution < 1.29 is 9.13 Å². The SMILES string of the molecule is CC(Oc1cc(F)cc(Br)c1)c1ccc(N)cc1. The molecule has 0 fully saturated rings. The molecule has 0 saturated carbocycles. The molecular weight excluding hydrogens is 297 g/mol. The number of rotatable bonds is 3. The monoisotopic (exact) mass is 309 g/mol. The molecule has 1 atom stereocenters. The second kappa shape index (κ2) is 5.40. The van der Waals surface area contributed by atoms with Gasteiger partial charge in [0.05, 0.1) is 0 Å². The Bertz CT molecular complexity index is 522. The van der Waals surface area contributed by atoms with Crippen molar-refractivity contribution in [1.82, 2.24) is 0 Å². The van der Waals surface area contributed by atoms with Crippen molar-refractivity contribution >= 4 is 21.6 Å². The van der Waals surface area contributed by atoms with E-state index in [1.54, 1.807) is 6.07 Å². The van der Waals surface area contributed by atoms with Gasteiger partial charge < -0.3 is 10.5 Å². The van der Waals surface area contributed by atoms with E-state index in [-0.39, 0.29) is 11.9 Å². The second-order valence-electron chi connectivity index (χ2n) is 4.03. The smallest absolute Gasteiger partial charge is 0.128 e. The topological polar surface area (TPSA) is 35.2 Å². The largest absolute Gasteiger partial charge is 0.486 e. The minimum absolute atomic E-state index is 0.167. The molecule has 0 aliphatic heterocycles. The van der Waals surface area contributed by atoms with Crippen molar-refractivity contribution in [3.63, 3.8) is 0 Å². The summed E-state index contributed by atoms with van der Waals surface area (Å²) in [6.45, 7) is 1.91. The van der Waals surface area contributed by atoms with Crippen LogP contribution in [0.15, 0.2) is 46.9 Å². The molecule has 0 saturated heterocycles. The van der Waals surface area contributed by atoms with E-state index in [2.05, 4.69) is 15.9 Å². The maximum atomic E-state index is 13.2. The van der Waals surface area contributed by atoms with Gasteiger partial charge in [0.15, 0.2) is 0 Å². The van der Waals surface area contributed by atoms with Crippen molar-refractivity contribution in [2.45, 2.75) is 13.0 Å². The molecular formula is C14H13BrFNO. The summed E-state index contributed by atoms with van der Waals surface area (Å²) < 4.78 is 19.6. The van der Waals surface area contributed by atoms with E-state index >= 15 is 0 Å². The Hall–Kier alpha value is -1.55. The number of benzene rings is 2.